The molecule has 0 saturated heterocycles. The highest BCUT2D eigenvalue weighted by molar-refractivity contribution is 7.98. The number of carboxylic acids is 3. The van der Waals surface area contributed by atoms with Crippen LogP contribution in [0.4, 0.5) is 0 Å². The lowest BCUT2D eigenvalue weighted by Crippen LogP contribution is -2.56. The second-order valence-corrected chi connectivity index (χ2v) is 8.04. The summed E-state index contributed by atoms with van der Waals surface area (Å²) in [4.78, 5) is 81.3. The highest BCUT2D eigenvalue weighted by Gasteiger charge is 2.30. The van der Waals surface area contributed by atoms with Crippen molar-refractivity contribution in [2.24, 2.45) is 5.73 Å². The van der Waals surface area contributed by atoms with Crippen LogP contribution in [0.5, 0.6) is 0 Å². The summed E-state index contributed by atoms with van der Waals surface area (Å²) in [7, 11) is 0. The van der Waals surface area contributed by atoms with E-state index in [4.69, 9.17) is 21.1 Å². The van der Waals surface area contributed by atoms with E-state index in [9.17, 15) is 33.6 Å². The van der Waals surface area contributed by atoms with Gasteiger partial charge < -0.3 is 42.3 Å². The third-order valence-corrected chi connectivity index (χ3v) is 4.81. The molecule has 0 saturated carbocycles. The maximum atomic E-state index is 12.3. The summed E-state index contributed by atoms with van der Waals surface area (Å²) in [5.41, 5.74) is 5.67. The molecule has 16 heteroatoms. The minimum absolute atomic E-state index is 0.398. The van der Waals surface area contributed by atoms with Gasteiger partial charge in [-0.25, -0.2) is 4.79 Å². The predicted octanol–water partition coefficient (Wildman–Crippen LogP) is -3.31. The van der Waals surface area contributed by atoms with Crippen molar-refractivity contribution in [1.29, 1.82) is 0 Å². The largest absolute Gasteiger partial charge is 0.481 e. The molecule has 0 rings (SSSR count). The van der Waals surface area contributed by atoms with Gasteiger partial charge in [-0.1, -0.05) is 0 Å². The van der Waals surface area contributed by atoms with E-state index in [1.807, 2.05) is 11.6 Å². The smallest absolute Gasteiger partial charge is 0.326 e. The van der Waals surface area contributed by atoms with Crippen LogP contribution in [-0.2, 0) is 33.6 Å². The van der Waals surface area contributed by atoms with Gasteiger partial charge in [-0.05, 0) is 25.4 Å². The molecule has 0 bridgehead atoms. The molecular formula is C18H29N5O10S. The molecule has 0 aliphatic rings. The topological polar surface area (TPSA) is 254 Å². The standard InChI is InChI=1S/C18H29N5O10S/c1-8(21-12(24)7-20-16(30)9(19)3-4-34-2)15(29)22-10(5-13(25)26)17(31)23-11(18(32)33)6-14(27)28/h8-11H,3-7,19H2,1-2H3,(H,20,30)(H,21,24)(H,22,29)(H,23,31)(H,25,26)(H,27,28)(H,32,33). The summed E-state index contributed by atoms with van der Waals surface area (Å²) < 4.78 is 0. The number of carboxylic acid groups (broad SMARTS) is 3. The van der Waals surface area contributed by atoms with Gasteiger partial charge in [0.1, 0.15) is 18.1 Å². The third-order valence-electron chi connectivity index (χ3n) is 4.17. The molecule has 0 aromatic carbocycles. The van der Waals surface area contributed by atoms with Crippen molar-refractivity contribution >= 4 is 53.3 Å². The second kappa shape index (κ2) is 15.4. The van der Waals surface area contributed by atoms with Crippen LogP contribution in [0.2, 0.25) is 0 Å². The van der Waals surface area contributed by atoms with Crippen molar-refractivity contribution < 1.29 is 48.9 Å². The number of hydrogen-bond donors (Lipinski definition) is 8. The normalized spacial score (nSPS) is 14.0. The van der Waals surface area contributed by atoms with Gasteiger partial charge in [0.25, 0.3) is 0 Å². The zero-order valence-corrected chi connectivity index (χ0v) is 19.3. The number of carbonyl (C=O) groups excluding carboxylic acids is 4. The fourth-order valence-corrected chi connectivity index (χ4v) is 2.85. The molecule has 34 heavy (non-hydrogen) atoms. The van der Waals surface area contributed by atoms with Crippen molar-refractivity contribution in [3.8, 4) is 0 Å². The fourth-order valence-electron chi connectivity index (χ4n) is 2.36. The predicted molar refractivity (Wildman–Crippen MR) is 118 cm³/mol. The quantitative estimate of drug-likeness (QED) is 0.102. The summed E-state index contributed by atoms with van der Waals surface area (Å²) in [6.07, 6.45) is 0.320. The van der Waals surface area contributed by atoms with Crippen molar-refractivity contribution in [2.45, 2.75) is 50.4 Å². The van der Waals surface area contributed by atoms with Gasteiger partial charge in [-0.2, -0.15) is 11.8 Å². The Kier molecular flexibility index (Phi) is 13.9. The number of nitrogens with two attached hydrogens (primary N) is 1. The Labute approximate surface area is 198 Å². The Hall–Kier alpha value is -3.40. The molecule has 4 unspecified atom stereocenters. The van der Waals surface area contributed by atoms with Crippen LogP contribution in [0.3, 0.4) is 0 Å². The van der Waals surface area contributed by atoms with Crippen LogP contribution >= 0.6 is 11.8 Å². The van der Waals surface area contributed by atoms with Crippen LogP contribution in [0.15, 0.2) is 0 Å². The second-order valence-electron chi connectivity index (χ2n) is 7.05. The van der Waals surface area contributed by atoms with E-state index in [0.717, 1.165) is 0 Å². The SMILES string of the molecule is CSCCC(N)C(=O)NCC(=O)NC(C)C(=O)NC(CC(=O)O)C(=O)NC(CC(=O)O)C(=O)O. The first-order valence-corrected chi connectivity index (χ1v) is 11.3. The molecule has 0 aliphatic heterocycles. The van der Waals surface area contributed by atoms with Crippen molar-refractivity contribution in [2.75, 3.05) is 18.6 Å². The first-order valence-electron chi connectivity index (χ1n) is 9.87. The lowest BCUT2D eigenvalue weighted by Gasteiger charge is -2.22. The Morgan fingerprint density at radius 2 is 1.35 bits per heavy atom. The van der Waals surface area contributed by atoms with E-state index in [1.54, 1.807) is 0 Å². The van der Waals surface area contributed by atoms with E-state index in [1.165, 1.54) is 18.7 Å². The molecule has 0 aromatic heterocycles. The van der Waals surface area contributed by atoms with E-state index in [0.29, 0.717) is 12.2 Å². The molecule has 9 N–H and O–H groups in total. The van der Waals surface area contributed by atoms with Gasteiger partial charge in [0.15, 0.2) is 0 Å². The van der Waals surface area contributed by atoms with Gasteiger partial charge in [0.2, 0.25) is 23.6 Å². The summed E-state index contributed by atoms with van der Waals surface area (Å²) in [6, 6.07) is -5.70. The molecule has 0 radical (unpaired) electrons. The van der Waals surface area contributed by atoms with Crippen LogP contribution in [0, 0.1) is 0 Å². The molecule has 192 valence electrons. The molecule has 4 amide bonds. The minimum Gasteiger partial charge on any atom is -0.481 e. The van der Waals surface area contributed by atoms with E-state index in [-0.39, 0.29) is 0 Å². The molecule has 15 nitrogen and oxygen atoms in total. The fraction of sp³-hybridized carbons (Fsp3) is 0.611. The van der Waals surface area contributed by atoms with Crippen molar-refractivity contribution in [1.82, 2.24) is 21.3 Å². The Bertz CT molecular complexity index is 793. The minimum atomic E-state index is -1.86. The number of amides is 4. The van der Waals surface area contributed by atoms with Gasteiger partial charge in [-0.15, -0.1) is 0 Å². The maximum absolute atomic E-state index is 12.3. The molecule has 0 aromatic rings. The molecule has 0 heterocycles. The monoisotopic (exact) mass is 507 g/mol. The van der Waals surface area contributed by atoms with E-state index >= 15 is 0 Å². The summed E-state index contributed by atoms with van der Waals surface area (Å²) in [6.45, 7) is 0.734. The first-order chi connectivity index (χ1) is 15.8. The van der Waals surface area contributed by atoms with Gasteiger partial charge in [0, 0.05) is 0 Å². The van der Waals surface area contributed by atoms with Gasteiger partial charge in [-0.3, -0.25) is 28.8 Å². The Balaban J connectivity index is 4.95. The Morgan fingerprint density at radius 1 is 0.824 bits per heavy atom. The molecule has 0 fully saturated rings. The van der Waals surface area contributed by atoms with Crippen molar-refractivity contribution in [3.05, 3.63) is 0 Å². The van der Waals surface area contributed by atoms with E-state index in [2.05, 4.69) is 16.0 Å². The van der Waals surface area contributed by atoms with Gasteiger partial charge in [0.05, 0.1) is 25.4 Å². The summed E-state index contributed by atoms with van der Waals surface area (Å²) in [5, 5.41) is 35.2. The highest BCUT2D eigenvalue weighted by atomic mass is 32.2. The van der Waals surface area contributed by atoms with Crippen LogP contribution in [0.25, 0.3) is 0 Å². The highest BCUT2D eigenvalue weighted by Crippen LogP contribution is 2.00. The van der Waals surface area contributed by atoms with E-state index < -0.39 is 85.1 Å². The average Bonchev–Trinajstić information content (AvgIpc) is 2.73. The zero-order chi connectivity index (χ0) is 26.4. The average molecular weight is 508 g/mol. The number of nitrogens with one attached hydrogen (secondary N) is 4. The molecule has 4 atom stereocenters. The summed E-state index contributed by atoms with van der Waals surface area (Å²) in [5.74, 6) is -7.62. The number of carbonyl (C=O) groups is 7. The lowest BCUT2D eigenvalue weighted by atomic mass is 10.1. The number of aliphatic carboxylic acids is 3. The summed E-state index contributed by atoms with van der Waals surface area (Å²) >= 11 is 1.50. The number of hydrogen-bond acceptors (Lipinski definition) is 9. The molecular weight excluding hydrogens is 478 g/mol. The maximum Gasteiger partial charge on any atom is 0.326 e. The van der Waals surface area contributed by atoms with Crippen molar-refractivity contribution in [3.63, 3.8) is 0 Å². The number of rotatable bonds is 16. The van der Waals surface area contributed by atoms with Crippen LogP contribution < -0.4 is 27.0 Å². The molecule has 0 spiro atoms. The van der Waals surface area contributed by atoms with Gasteiger partial charge >= 0.3 is 17.9 Å². The lowest BCUT2D eigenvalue weighted by molar-refractivity contribution is -0.148. The van der Waals surface area contributed by atoms with Crippen LogP contribution in [-0.4, -0.2) is 99.6 Å². The number of thioether (sulfide) groups is 1. The zero-order valence-electron chi connectivity index (χ0n) is 18.5. The van der Waals surface area contributed by atoms with Crippen LogP contribution in [0.1, 0.15) is 26.2 Å². The first kappa shape index (κ1) is 30.6. The third kappa shape index (κ3) is 12.6. The molecule has 0 aliphatic carbocycles. The Morgan fingerprint density at radius 3 is 1.85 bits per heavy atom.